The van der Waals surface area contributed by atoms with E-state index >= 15 is 0 Å². The van der Waals surface area contributed by atoms with Gasteiger partial charge in [-0.1, -0.05) is 22.0 Å². The number of hydrogen-bond donors (Lipinski definition) is 1. The van der Waals surface area contributed by atoms with Gasteiger partial charge in [0.1, 0.15) is 5.76 Å². The van der Waals surface area contributed by atoms with Crippen molar-refractivity contribution in [1.29, 1.82) is 0 Å². The summed E-state index contributed by atoms with van der Waals surface area (Å²) in [6, 6.07) is 7.83. The molecule has 0 bridgehead atoms. The third-order valence-corrected chi connectivity index (χ3v) is 2.64. The summed E-state index contributed by atoms with van der Waals surface area (Å²) in [4.78, 5) is 4.33. The Bertz CT molecular complexity index is 479. The molecule has 2 N–H and O–H groups in total. The van der Waals surface area contributed by atoms with E-state index in [-0.39, 0.29) is 0 Å². The van der Waals surface area contributed by atoms with Gasteiger partial charge in [-0.2, -0.15) is 0 Å². The van der Waals surface area contributed by atoms with E-state index in [4.69, 9.17) is 10.2 Å². The molecule has 0 spiro atoms. The quantitative estimate of drug-likeness (QED) is 0.910. The van der Waals surface area contributed by atoms with Crippen molar-refractivity contribution in [2.24, 2.45) is 5.73 Å². The molecule has 15 heavy (non-hydrogen) atoms. The molecule has 0 saturated heterocycles. The van der Waals surface area contributed by atoms with Crippen LogP contribution in [0.15, 0.2) is 33.2 Å². The molecular formula is C11H11BrN2O. The van der Waals surface area contributed by atoms with E-state index in [0.29, 0.717) is 12.4 Å². The van der Waals surface area contributed by atoms with Gasteiger partial charge in [-0.3, -0.25) is 0 Å². The highest BCUT2D eigenvalue weighted by atomic mass is 79.9. The van der Waals surface area contributed by atoms with E-state index in [1.54, 1.807) is 0 Å². The van der Waals surface area contributed by atoms with Crippen molar-refractivity contribution < 1.29 is 4.42 Å². The second kappa shape index (κ2) is 4.16. The van der Waals surface area contributed by atoms with E-state index in [1.807, 2.05) is 31.2 Å². The van der Waals surface area contributed by atoms with Crippen LogP contribution in [0.5, 0.6) is 0 Å². The Kier molecular flexibility index (Phi) is 2.88. The number of aryl methyl sites for hydroxylation is 1. The van der Waals surface area contributed by atoms with Crippen LogP contribution in [0.2, 0.25) is 0 Å². The minimum atomic E-state index is 0.382. The number of halogens is 1. The molecule has 2 rings (SSSR count). The van der Waals surface area contributed by atoms with Gasteiger partial charge >= 0.3 is 0 Å². The van der Waals surface area contributed by atoms with Crippen molar-refractivity contribution >= 4 is 15.9 Å². The molecule has 0 fully saturated rings. The Morgan fingerprint density at radius 1 is 1.47 bits per heavy atom. The summed E-state index contributed by atoms with van der Waals surface area (Å²) in [5.74, 6) is 1.36. The summed E-state index contributed by atoms with van der Waals surface area (Å²) in [5, 5.41) is 0. The largest absolute Gasteiger partial charge is 0.440 e. The molecule has 0 unspecified atom stereocenters. The molecule has 78 valence electrons. The summed E-state index contributed by atoms with van der Waals surface area (Å²) in [7, 11) is 0. The fourth-order valence-electron chi connectivity index (χ4n) is 1.36. The second-order valence-corrected chi connectivity index (χ2v) is 4.16. The van der Waals surface area contributed by atoms with Crippen molar-refractivity contribution in [3.8, 4) is 11.5 Å². The maximum atomic E-state index is 5.55. The first kappa shape index (κ1) is 10.4. The van der Waals surface area contributed by atoms with Crippen LogP contribution in [0.4, 0.5) is 0 Å². The number of aromatic nitrogens is 1. The third kappa shape index (κ3) is 2.11. The van der Waals surface area contributed by atoms with Gasteiger partial charge in [0.25, 0.3) is 0 Å². The second-order valence-electron chi connectivity index (χ2n) is 3.24. The van der Waals surface area contributed by atoms with Crippen molar-refractivity contribution in [2.75, 3.05) is 0 Å². The molecule has 0 saturated carbocycles. The highest BCUT2D eigenvalue weighted by molar-refractivity contribution is 9.10. The Morgan fingerprint density at radius 3 is 2.87 bits per heavy atom. The first-order chi connectivity index (χ1) is 7.20. The van der Waals surface area contributed by atoms with Crippen LogP contribution in [-0.2, 0) is 6.54 Å². The van der Waals surface area contributed by atoms with Gasteiger partial charge in [0.05, 0.1) is 12.2 Å². The van der Waals surface area contributed by atoms with E-state index in [0.717, 1.165) is 21.5 Å². The van der Waals surface area contributed by atoms with Gasteiger partial charge in [0.15, 0.2) is 0 Å². The summed E-state index contributed by atoms with van der Waals surface area (Å²) >= 11 is 3.41. The SMILES string of the molecule is Cc1nc(-c2cccc(Br)c2)oc1CN. The average Bonchev–Trinajstić information content (AvgIpc) is 2.60. The van der Waals surface area contributed by atoms with Crippen molar-refractivity contribution in [2.45, 2.75) is 13.5 Å². The highest BCUT2D eigenvalue weighted by Crippen LogP contribution is 2.24. The lowest BCUT2D eigenvalue weighted by atomic mass is 10.2. The molecule has 1 aromatic carbocycles. The highest BCUT2D eigenvalue weighted by Gasteiger charge is 2.09. The first-order valence-corrected chi connectivity index (χ1v) is 5.42. The summed E-state index contributed by atoms with van der Waals surface area (Å²) < 4.78 is 6.55. The van der Waals surface area contributed by atoms with Crippen LogP contribution in [0, 0.1) is 6.92 Å². The van der Waals surface area contributed by atoms with Crippen molar-refractivity contribution in [1.82, 2.24) is 4.98 Å². The zero-order valence-electron chi connectivity index (χ0n) is 8.33. The van der Waals surface area contributed by atoms with Gasteiger partial charge in [0, 0.05) is 10.0 Å². The number of hydrogen-bond acceptors (Lipinski definition) is 3. The summed E-state index contributed by atoms with van der Waals surface area (Å²) in [6.07, 6.45) is 0. The van der Waals surface area contributed by atoms with Gasteiger partial charge in [-0.05, 0) is 25.1 Å². The van der Waals surface area contributed by atoms with Crippen LogP contribution < -0.4 is 5.73 Å². The number of nitrogens with zero attached hydrogens (tertiary/aromatic N) is 1. The van der Waals surface area contributed by atoms with E-state index in [9.17, 15) is 0 Å². The fourth-order valence-corrected chi connectivity index (χ4v) is 1.76. The van der Waals surface area contributed by atoms with Crippen LogP contribution >= 0.6 is 15.9 Å². The van der Waals surface area contributed by atoms with Crippen LogP contribution in [0.1, 0.15) is 11.5 Å². The Balaban J connectivity index is 2.45. The fraction of sp³-hybridized carbons (Fsp3) is 0.182. The molecule has 4 heteroatoms. The van der Waals surface area contributed by atoms with Gasteiger partial charge in [0.2, 0.25) is 5.89 Å². The lowest BCUT2D eigenvalue weighted by Crippen LogP contribution is -1.95. The first-order valence-electron chi connectivity index (χ1n) is 4.63. The molecule has 0 aliphatic rings. The molecule has 0 radical (unpaired) electrons. The number of benzene rings is 1. The molecule has 0 atom stereocenters. The Morgan fingerprint density at radius 2 is 2.27 bits per heavy atom. The standard InChI is InChI=1S/C11H11BrN2O/c1-7-10(6-13)15-11(14-7)8-3-2-4-9(12)5-8/h2-5H,6,13H2,1H3. The van der Waals surface area contributed by atoms with Gasteiger partial charge in [-0.15, -0.1) is 0 Å². The van der Waals surface area contributed by atoms with Crippen molar-refractivity contribution in [3.05, 3.63) is 40.2 Å². The maximum absolute atomic E-state index is 5.55. The minimum Gasteiger partial charge on any atom is -0.440 e. The molecule has 1 aromatic heterocycles. The summed E-state index contributed by atoms with van der Waals surface area (Å²) in [5.41, 5.74) is 7.33. The smallest absolute Gasteiger partial charge is 0.226 e. The zero-order valence-corrected chi connectivity index (χ0v) is 9.91. The predicted molar refractivity (Wildman–Crippen MR) is 62.3 cm³/mol. The molecule has 1 heterocycles. The maximum Gasteiger partial charge on any atom is 0.226 e. The predicted octanol–water partition coefficient (Wildman–Crippen LogP) is 2.87. The Labute approximate surface area is 96.4 Å². The lowest BCUT2D eigenvalue weighted by Gasteiger charge is -1.95. The molecular weight excluding hydrogens is 256 g/mol. The minimum absolute atomic E-state index is 0.382. The topological polar surface area (TPSA) is 52.0 Å². The van der Waals surface area contributed by atoms with E-state index < -0.39 is 0 Å². The van der Waals surface area contributed by atoms with Crippen molar-refractivity contribution in [3.63, 3.8) is 0 Å². The number of nitrogens with two attached hydrogens (primary N) is 1. The van der Waals surface area contributed by atoms with Crippen LogP contribution in [0.25, 0.3) is 11.5 Å². The molecule has 2 aromatic rings. The molecule has 3 nitrogen and oxygen atoms in total. The summed E-state index contributed by atoms with van der Waals surface area (Å²) in [6.45, 7) is 2.28. The number of oxazole rings is 1. The Hall–Kier alpha value is -1.13. The third-order valence-electron chi connectivity index (χ3n) is 2.15. The van der Waals surface area contributed by atoms with Gasteiger partial charge < -0.3 is 10.2 Å². The number of rotatable bonds is 2. The zero-order chi connectivity index (χ0) is 10.8. The van der Waals surface area contributed by atoms with E-state index in [1.165, 1.54) is 0 Å². The van der Waals surface area contributed by atoms with E-state index in [2.05, 4.69) is 20.9 Å². The van der Waals surface area contributed by atoms with Gasteiger partial charge in [-0.25, -0.2) is 4.98 Å². The molecule has 0 aliphatic carbocycles. The molecule has 0 amide bonds. The van der Waals surface area contributed by atoms with Crippen LogP contribution in [0.3, 0.4) is 0 Å². The average molecular weight is 267 g/mol. The lowest BCUT2D eigenvalue weighted by molar-refractivity contribution is 0.518. The monoisotopic (exact) mass is 266 g/mol. The normalized spacial score (nSPS) is 10.6. The van der Waals surface area contributed by atoms with Crippen LogP contribution in [-0.4, -0.2) is 4.98 Å². The molecule has 0 aliphatic heterocycles.